The van der Waals surface area contributed by atoms with Crippen LogP contribution in [-0.2, 0) is 4.79 Å². The number of hydrogen-bond acceptors (Lipinski definition) is 4. The van der Waals surface area contributed by atoms with Crippen molar-refractivity contribution >= 4 is 17.5 Å². The van der Waals surface area contributed by atoms with Crippen molar-refractivity contribution < 1.29 is 9.59 Å². The number of nitrogens with one attached hydrogen (secondary N) is 1. The maximum Gasteiger partial charge on any atom is 0.248 e. The molecular formula is C21H32N4O2. The number of amides is 2. The zero-order chi connectivity index (χ0) is 19.4. The monoisotopic (exact) mass is 372 g/mol. The Hall–Kier alpha value is -2.08. The molecule has 3 rings (SSSR count). The van der Waals surface area contributed by atoms with Crippen molar-refractivity contribution in [1.82, 2.24) is 9.80 Å². The van der Waals surface area contributed by atoms with E-state index in [0.29, 0.717) is 23.6 Å². The lowest BCUT2D eigenvalue weighted by Gasteiger charge is -2.39. The minimum atomic E-state index is -0.408. The smallest absolute Gasteiger partial charge is 0.248 e. The highest BCUT2D eigenvalue weighted by atomic mass is 16.2. The maximum absolute atomic E-state index is 12.8. The van der Waals surface area contributed by atoms with Gasteiger partial charge in [0.2, 0.25) is 11.8 Å². The van der Waals surface area contributed by atoms with E-state index in [0.717, 1.165) is 57.5 Å². The van der Waals surface area contributed by atoms with Crippen molar-refractivity contribution in [3.05, 3.63) is 29.8 Å². The Labute approximate surface area is 162 Å². The van der Waals surface area contributed by atoms with Crippen molar-refractivity contribution in [3.63, 3.8) is 0 Å². The molecule has 2 aliphatic rings. The fourth-order valence-corrected chi connectivity index (χ4v) is 4.17. The fourth-order valence-electron chi connectivity index (χ4n) is 4.17. The Kier molecular flexibility index (Phi) is 6.37. The summed E-state index contributed by atoms with van der Waals surface area (Å²) in [5.74, 6) is 0.114. The van der Waals surface area contributed by atoms with Crippen LogP contribution in [0.4, 0.5) is 5.69 Å². The molecule has 1 aromatic rings. The number of primary amides is 1. The van der Waals surface area contributed by atoms with Crippen molar-refractivity contribution in [2.24, 2.45) is 11.7 Å². The van der Waals surface area contributed by atoms with E-state index >= 15 is 0 Å². The Morgan fingerprint density at radius 2 is 1.59 bits per heavy atom. The largest absolute Gasteiger partial charge is 0.382 e. The predicted octanol–water partition coefficient (Wildman–Crippen LogP) is 2.31. The second-order valence-corrected chi connectivity index (χ2v) is 8.09. The van der Waals surface area contributed by atoms with E-state index in [-0.39, 0.29) is 5.92 Å². The van der Waals surface area contributed by atoms with Crippen LogP contribution in [0.1, 0.15) is 49.9 Å². The molecule has 2 fully saturated rings. The first-order chi connectivity index (χ1) is 12.9. The lowest BCUT2D eigenvalue weighted by Crippen LogP contribution is -2.52. The number of nitrogens with zero attached hydrogens (tertiary/aromatic N) is 2. The Morgan fingerprint density at radius 3 is 2.11 bits per heavy atom. The lowest BCUT2D eigenvalue weighted by atomic mass is 9.85. The van der Waals surface area contributed by atoms with E-state index in [4.69, 9.17) is 5.73 Å². The van der Waals surface area contributed by atoms with Gasteiger partial charge < -0.3 is 16.0 Å². The SMILES string of the molecule is CC(C)N1CCN(C(=O)[C@H]2CC[C@H](Nc3ccc(C(N)=O)cc3)CC2)CC1. The van der Waals surface area contributed by atoms with E-state index < -0.39 is 5.91 Å². The third-order valence-corrected chi connectivity index (χ3v) is 5.97. The summed E-state index contributed by atoms with van der Waals surface area (Å²) >= 11 is 0. The summed E-state index contributed by atoms with van der Waals surface area (Å²) in [5, 5.41) is 3.52. The molecule has 3 N–H and O–H groups in total. The van der Waals surface area contributed by atoms with E-state index in [1.54, 1.807) is 12.1 Å². The summed E-state index contributed by atoms with van der Waals surface area (Å²) in [6, 6.07) is 8.22. The number of rotatable bonds is 5. The zero-order valence-electron chi connectivity index (χ0n) is 16.5. The first kappa shape index (κ1) is 19.7. The van der Waals surface area contributed by atoms with Gasteiger partial charge in [-0.25, -0.2) is 0 Å². The molecule has 6 nitrogen and oxygen atoms in total. The highest BCUT2D eigenvalue weighted by Crippen LogP contribution is 2.28. The number of benzene rings is 1. The third-order valence-electron chi connectivity index (χ3n) is 5.97. The van der Waals surface area contributed by atoms with E-state index in [1.807, 2.05) is 12.1 Å². The highest BCUT2D eigenvalue weighted by molar-refractivity contribution is 5.93. The molecule has 1 saturated carbocycles. The minimum Gasteiger partial charge on any atom is -0.382 e. The molecule has 0 spiro atoms. The number of carbonyl (C=O) groups is 2. The van der Waals surface area contributed by atoms with E-state index in [1.165, 1.54) is 0 Å². The second kappa shape index (κ2) is 8.74. The first-order valence-corrected chi connectivity index (χ1v) is 10.1. The van der Waals surface area contributed by atoms with Crippen molar-refractivity contribution in [2.45, 2.75) is 51.6 Å². The molecule has 1 heterocycles. The van der Waals surface area contributed by atoms with Crippen LogP contribution in [0.2, 0.25) is 0 Å². The van der Waals surface area contributed by atoms with Gasteiger partial charge in [-0.3, -0.25) is 14.5 Å². The van der Waals surface area contributed by atoms with Crippen LogP contribution in [-0.4, -0.2) is 59.9 Å². The minimum absolute atomic E-state index is 0.172. The summed E-state index contributed by atoms with van der Waals surface area (Å²) < 4.78 is 0. The summed E-state index contributed by atoms with van der Waals surface area (Å²) in [6.45, 7) is 8.13. The topological polar surface area (TPSA) is 78.7 Å². The molecule has 0 aromatic heterocycles. The Bertz CT molecular complexity index is 643. The molecule has 1 aliphatic heterocycles. The normalized spacial score (nSPS) is 24.0. The Morgan fingerprint density at radius 1 is 1.00 bits per heavy atom. The Balaban J connectivity index is 1.44. The van der Waals surface area contributed by atoms with E-state index in [9.17, 15) is 9.59 Å². The van der Waals surface area contributed by atoms with Gasteiger partial charge >= 0.3 is 0 Å². The average Bonchev–Trinajstić information content (AvgIpc) is 2.68. The molecule has 0 atom stereocenters. The van der Waals surface area contributed by atoms with E-state index in [2.05, 4.69) is 29.0 Å². The fraction of sp³-hybridized carbons (Fsp3) is 0.619. The van der Waals surface area contributed by atoms with Gasteiger partial charge in [-0.2, -0.15) is 0 Å². The second-order valence-electron chi connectivity index (χ2n) is 8.09. The van der Waals surface area contributed by atoms with Crippen molar-refractivity contribution in [1.29, 1.82) is 0 Å². The zero-order valence-corrected chi connectivity index (χ0v) is 16.5. The number of hydrogen-bond donors (Lipinski definition) is 2. The van der Waals surface area contributed by atoms with Crippen LogP contribution in [0.15, 0.2) is 24.3 Å². The van der Waals surface area contributed by atoms with Crippen LogP contribution in [0.3, 0.4) is 0 Å². The number of nitrogens with two attached hydrogens (primary N) is 1. The molecule has 6 heteroatoms. The molecule has 0 unspecified atom stereocenters. The van der Waals surface area contributed by atoms with Gasteiger partial charge in [-0.05, 0) is 63.8 Å². The van der Waals surface area contributed by atoms with Gasteiger partial charge in [0.15, 0.2) is 0 Å². The quantitative estimate of drug-likeness (QED) is 0.831. The van der Waals surface area contributed by atoms with Crippen molar-refractivity contribution in [3.8, 4) is 0 Å². The molecule has 1 aromatic carbocycles. The summed E-state index contributed by atoms with van der Waals surface area (Å²) in [4.78, 5) is 28.5. The summed E-state index contributed by atoms with van der Waals surface area (Å²) in [7, 11) is 0. The van der Waals surface area contributed by atoms with Crippen molar-refractivity contribution in [2.75, 3.05) is 31.5 Å². The lowest BCUT2D eigenvalue weighted by molar-refractivity contribution is -0.138. The summed E-state index contributed by atoms with van der Waals surface area (Å²) in [6.07, 6.45) is 3.89. The molecule has 1 aliphatic carbocycles. The van der Waals surface area contributed by atoms with Gasteiger partial charge in [0.25, 0.3) is 0 Å². The third kappa shape index (κ3) is 5.01. The summed E-state index contributed by atoms with van der Waals surface area (Å²) in [5.41, 5.74) is 6.80. The van der Waals surface area contributed by atoms with Crippen LogP contribution >= 0.6 is 0 Å². The first-order valence-electron chi connectivity index (χ1n) is 10.1. The van der Waals surface area contributed by atoms with Crippen LogP contribution in [0.25, 0.3) is 0 Å². The van der Waals surface area contributed by atoms with Crippen LogP contribution in [0.5, 0.6) is 0 Å². The molecular weight excluding hydrogens is 340 g/mol. The van der Waals surface area contributed by atoms with Gasteiger partial charge in [0.05, 0.1) is 0 Å². The average molecular weight is 373 g/mol. The number of piperazine rings is 1. The highest BCUT2D eigenvalue weighted by Gasteiger charge is 2.31. The molecule has 148 valence electrons. The molecule has 0 bridgehead atoms. The predicted molar refractivity (Wildman–Crippen MR) is 108 cm³/mol. The standard InChI is InChI=1S/C21H32N4O2/c1-15(2)24-11-13-25(14-12-24)21(27)17-5-9-19(10-6-17)23-18-7-3-16(4-8-18)20(22)26/h3-4,7-8,15,17,19,23H,5-6,9-14H2,1-2H3,(H2,22,26)/t17-,19-. The maximum atomic E-state index is 12.8. The molecule has 27 heavy (non-hydrogen) atoms. The molecule has 0 radical (unpaired) electrons. The molecule has 2 amide bonds. The van der Waals surface area contributed by atoms with Crippen LogP contribution in [0, 0.1) is 5.92 Å². The van der Waals surface area contributed by atoms with Gasteiger partial charge in [0.1, 0.15) is 0 Å². The number of carbonyl (C=O) groups excluding carboxylic acids is 2. The molecule has 1 saturated heterocycles. The van der Waals surface area contributed by atoms with Crippen LogP contribution < -0.4 is 11.1 Å². The van der Waals surface area contributed by atoms with Gasteiger partial charge in [0, 0.05) is 55.4 Å². The van der Waals surface area contributed by atoms with Gasteiger partial charge in [-0.1, -0.05) is 0 Å². The number of anilines is 1. The van der Waals surface area contributed by atoms with Gasteiger partial charge in [-0.15, -0.1) is 0 Å².